The fraction of sp³-hybridized carbons (Fsp3) is 0.417. The molecule has 0 spiro atoms. The van der Waals surface area contributed by atoms with Crippen molar-refractivity contribution in [3.8, 4) is 11.7 Å². The molecule has 3 heterocycles. The van der Waals surface area contributed by atoms with Crippen molar-refractivity contribution in [3.05, 3.63) is 52.8 Å². The predicted octanol–water partition coefficient (Wildman–Crippen LogP) is 4.49. The Kier molecular flexibility index (Phi) is 8.22. The van der Waals surface area contributed by atoms with Crippen molar-refractivity contribution in [1.29, 1.82) is 0 Å². The van der Waals surface area contributed by atoms with Gasteiger partial charge in [0.05, 0.1) is 28.4 Å². The van der Waals surface area contributed by atoms with Crippen LogP contribution < -0.4 is 15.4 Å². The largest absolute Gasteiger partial charge is 0.492 e. The van der Waals surface area contributed by atoms with Gasteiger partial charge in [-0.15, -0.1) is 0 Å². The Labute approximate surface area is 229 Å². The van der Waals surface area contributed by atoms with E-state index in [0.29, 0.717) is 47.9 Å². The van der Waals surface area contributed by atoms with Crippen LogP contribution in [0, 0.1) is 5.92 Å². The Morgan fingerprint density at radius 2 is 1.84 bits per heavy atom. The van der Waals surface area contributed by atoms with E-state index in [1.165, 1.54) is 17.1 Å². The molecule has 38 heavy (non-hydrogen) atoms. The van der Waals surface area contributed by atoms with E-state index < -0.39 is 17.7 Å². The van der Waals surface area contributed by atoms with Crippen molar-refractivity contribution in [1.82, 2.24) is 34.9 Å². The van der Waals surface area contributed by atoms with E-state index in [1.54, 1.807) is 36.4 Å². The Balaban J connectivity index is 1.33. The summed E-state index contributed by atoms with van der Waals surface area (Å²) in [7, 11) is 0. The number of likely N-dealkylation sites (tertiary alicyclic amines) is 1. The van der Waals surface area contributed by atoms with Crippen molar-refractivity contribution in [2.24, 2.45) is 5.92 Å². The molecule has 0 radical (unpaired) electrons. The average Bonchev–Trinajstić information content (AvgIpc) is 3.30. The third-order valence-corrected chi connectivity index (χ3v) is 6.01. The fourth-order valence-corrected chi connectivity index (χ4v) is 4.10. The topological polar surface area (TPSA) is 136 Å². The maximum absolute atomic E-state index is 12.7. The van der Waals surface area contributed by atoms with Gasteiger partial charge < -0.3 is 25.0 Å². The molecule has 2 N–H and O–H groups in total. The second kappa shape index (κ2) is 11.4. The van der Waals surface area contributed by atoms with Crippen molar-refractivity contribution in [2.45, 2.75) is 39.3 Å². The van der Waals surface area contributed by atoms with Crippen molar-refractivity contribution in [3.63, 3.8) is 0 Å². The van der Waals surface area contributed by atoms with Gasteiger partial charge in [-0.05, 0) is 39.8 Å². The first-order valence-electron chi connectivity index (χ1n) is 11.8. The molecular weight excluding hydrogens is 535 g/mol. The van der Waals surface area contributed by atoms with Crippen LogP contribution >= 0.6 is 23.2 Å². The summed E-state index contributed by atoms with van der Waals surface area (Å²) in [4.78, 5) is 39.0. The molecule has 14 heteroatoms. The molecule has 0 bridgehead atoms. The number of aromatic nitrogens is 5. The SMILES string of the molecule is CC(NC(=O)Nc1cc(OCC2CN(C(=O)OC(C)(C)C)C2)c(Cl)cc1Cl)c1ncnn1-c1ncccn1. The van der Waals surface area contributed by atoms with E-state index in [1.807, 2.05) is 20.8 Å². The van der Waals surface area contributed by atoms with Gasteiger partial charge in [-0.1, -0.05) is 23.2 Å². The summed E-state index contributed by atoms with van der Waals surface area (Å²) in [6.07, 6.45) is 4.18. The minimum absolute atomic E-state index is 0.126. The highest BCUT2D eigenvalue weighted by molar-refractivity contribution is 6.37. The van der Waals surface area contributed by atoms with Crippen molar-refractivity contribution >= 4 is 41.0 Å². The summed E-state index contributed by atoms with van der Waals surface area (Å²) in [6, 6.07) is 3.68. The number of carbonyl (C=O) groups is 2. The van der Waals surface area contributed by atoms with Gasteiger partial charge in [0.1, 0.15) is 17.7 Å². The van der Waals surface area contributed by atoms with Crippen LogP contribution in [0.3, 0.4) is 0 Å². The van der Waals surface area contributed by atoms with Crippen LogP contribution in [-0.4, -0.2) is 67.1 Å². The highest BCUT2D eigenvalue weighted by Gasteiger charge is 2.34. The lowest BCUT2D eigenvalue weighted by Gasteiger charge is -2.39. The second-order valence-electron chi connectivity index (χ2n) is 9.72. The number of ether oxygens (including phenoxy) is 2. The quantitative estimate of drug-likeness (QED) is 0.429. The number of hydrogen-bond donors (Lipinski definition) is 2. The first kappa shape index (κ1) is 27.4. The molecule has 1 unspecified atom stereocenters. The number of urea groups is 1. The molecule has 3 aromatic rings. The number of halogens is 2. The number of rotatable bonds is 7. The lowest BCUT2D eigenvalue weighted by atomic mass is 10.0. The second-order valence-corrected chi connectivity index (χ2v) is 10.5. The first-order chi connectivity index (χ1) is 18.0. The summed E-state index contributed by atoms with van der Waals surface area (Å²) in [6.45, 7) is 8.60. The number of nitrogens with one attached hydrogen (secondary N) is 2. The van der Waals surface area contributed by atoms with Crippen molar-refractivity contribution in [2.75, 3.05) is 25.0 Å². The van der Waals surface area contributed by atoms with E-state index in [-0.39, 0.29) is 17.0 Å². The monoisotopic (exact) mass is 562 g/mol. The Morgan fingerprint density at radius 3 is 2.53 bits per heavy atom. The Bertz CT molecular complexity index is 1290. The molecule has 0 saturated carbocycles. The summed E-state index contributed by atoms with van der Waals surface area (Å²) >= 11 is 12.6. The third-order valence-electron chi connectivity index (χ3n) is 5.40. The molecule has 3 amide bonds. The maximum Gasteiger partial charge on any atom is 0.410 e. The normalized spacial score (nSPS) is 14.4. The summed E-state index contributed by atoms with van der Waals surface area (Å²) in [5.74, 6) is 1.26. The fourth-order valence-electron chi connectivity index (χ4n) is 3.61. The number of nitrogens with zero attached hydrogens (tertiary/aromatic N) is 6. The smallest absolute Gasteiger partial charge is 0.410 e. The van der Waals surface area contributed by atoms with E-state index >= 15 is 0 Å². The third kappa shape index (κ3) is 6.81. The number of hydrogen-bond acceptors (Lipinski definition) is 8. The van der Waals surface area contributed by atoms with Crippen molar-refractivity contribution < 1.29 is 19.1 Å². The van der Waals surface area contributed by atoms with Gasteiger partial charge in [0.25, 0.3) is 5.95 Å². The van der Waals surface area contributed by atoms with Crippen LogP contribution in [0.5, 0.6) is 5.75 Å². The summed E-state index contributed by atoms with van der Waals surface area (Å²) < 4.78 is 12.7. The van der Waals surface area contributed by atoms with E-state index in [4.69, 9.17) is 32.7 Å². The zero-order valence-electron chi connectivity index (χ0n) is 21.3. The molecule has 202 valence electrons. The molecule has 1 aromatic carbocycles. The number of benzene rings is 1. The van der Waals surface area contributed by atoms with Gasteiger partial charge in [0.15, 0.2) is 5.82 Å². The van der Waals surface area contributed by atoms with E-state index in [0.717, 1.165) is 0 Å². The lowest BCUT2D eigenvalue weighted by Crippen LogP contribution is -2.53. The summed E-state index contributed by atoms with van der Waals surface area (Å²) in [5, 5.41) is 10.2. The first-order valence-corrected chi connectivity index (χ1v) is 12.6. The van der Waals surface area contributed by atoms with E-state index in [2.05, 4.69) is 30.7 Å². The lowest BCUT2D eigenvalue weighted by molar-refractivity contribution is -0.00780. The van der Waals surface area contributed by atoms with Crippen LogP contribution in [0.2, 0.25) is 10.0 Å². The molecule has 1 aliphatic rings. The Morgan fingerprint density at radius 1 is 1.13 bits per heavy atom. The maximum atomic E-state index is 12.7. The van der Waals surface area contributed by atoms with Crippen LogP contribution in [0.1, 0.15) is 39.6 Å². The highest BCUT2D eigenvalue weighted by atomic mass is 35.5. The highest BCUT2D eigenvalue weighted by Crippen LogP contribution is 2.35. The molecule has 1 saturated heterocycles. The average molecular weight is 563 g/mol. The van der Waals surface area contributed by atoms with Gasteiger partial charge in [0, 0.05) is 37.5 Å². The van der Waals surface area contributed by atoms with Crippen LogP contribution in [0.15, 0.2) is 36.9 Å². The zero-order chi connectivity index (χ0) is 27.4. The van der Waals surface area contributed by atoms with Gasteiger partial charge in [-0.25, -0.2) is 24.5 Å². The van der Waals surface area contributed by atoms with Crippen LogP contribution in [-0.2, 0) is 4.74 Å². The van der Waals surface area contributed by atoms with Gasteiger partial charge in [-0.2, -0.15) is 9.78 Å². The van der Waals surface area contributed by atoms with Gasteiger partial charge in [-0.3, -0.25) is 0 Å². The Hall–Kier alpha value is -3.64. The molecule has 0 aliphatic carbocycles. The molecule has 12 nitrogen and oxygen atoms in total. The molecular formula is C24H28Cl2N8O4. The van der Waals surface area contributed by atoms with Crippen LogP contribution in [0.4, 0.5) is 15.3 Å². The summed E-state index contributed by atoms with van der Waals surface area (Å²) in [5.41, 5.74) is -0.232. The molecule has 1 fully saturated rings. The molecule has 1 aliphatic heterocycles. The predicted molar refractivity (Wildman–Crippen MR) is 141 cm³/mol. The minimum Gasteiger partial charge on any atom is -0.492 e. The number of amides is 3. The minimum atomic E-state index is -0.545. The van der Waals surface area contributed by atoms with Gasteiger partial charge in [0.2, 0.25) is 0 Å². The number of anilines is 1. The molecule has 4 rings (SSSR count). The van der Waals surface area contributed by atoms with Crippen LogP contribution in [0.25, 0.3) is 5.95 Å². The van der Waals surface area contributed by atoms with Gasteiger partial charge >= 0.3 is 12.1 Å². The molecule has 1 atom stereocenters. The van der Waals surface area contributed by atoms with E-state index in [9.17, 15) is 9.59 Å². The standard InChI is InChI=1S/C24H28Cl2N8O4/c1-14(20-29-13-30-34(20)21-27-6-5-7-28-21)31-22(35)32-18-9-19(17(26)8-16(18)25)37-12-15-10-33(11-15)23(36)38-24(2,3)4/h5-9,13-15H,10-12H2,1-4H3,(H2,31,32,35). The number of carbonyl (C=O) groups excluding carboxylic acids is 2. The molecule has 2 aromatic heterocycles. The zero-order valence-corrected chi connectivity index (χ0v) is 22.8.